The average molecular weight is 276 g/mol. The fraction of sp³-hybridized carbons (Fsp3) is 0.647. The zero-order chi connectivity index (χ0) is 14.5. The van der Waals surface area contributed by atoms with Crippen LogP contribution in [0.1, 0.15) is 38.8 Å². The Morgan fingerprint density at radius 1 is 1.25 bits per heavy atom. The van der Waals surface area contributed by atoms with E-state index in [2.05, 4.69) is 61.3 Å². The molecular weight excluding hydrogens is 248 g/mol. The second-order valence-electron chi connectivity index (χ2n) is 6.27. The minimum absolute atomic E-state index is 0.215. The van der Waals surface area contributed by atoms with Crippen LogP contribution in [0.5, 0.6) is 0 Å². The first-order valence-electron chi connectivity index (χ1n) is 7.77. The van der Waals surface area contributed by atoms with E-state index in [4.69, 9.17) is 0 Å². The molecule has 1 fully saturated rings. The minimum Gasteiger partial charge on any atom is -0.395 e. The fourth-order valence-corrected chi connectivity index (χ4v) is 2.98. The highest BCUT2D eigenvalue weighted by molar-refractivity contribution is 5.18. The van der Waals surface area contributed by atoms with Crippen molar-refractivity contribution in [1.82, 2.24) is 10.2 Å². The van der Waals surface area contributed by atoms with Gasteiger partial charge in [0, 0.05) is 31.2 Å². The van der Waals surface area contributed by atoms with Crippen LogP contribution in [-0.2, 0) is 0 Å². The molecule has 3 heteroatoms. The lowest BCUT2D eigenvalue weighted by atomic mass is 10.0. The van der Waals surface area contributed by atoms with Crippen molar-refractivity contribution < 1.29 is 5.11 Å². The molecule has 3 nitrogen and oxygen atoms in total. The van der Waals surface area contributed by atoms with E-state index in [9.17, 15) is 5.11 Å². The van der Waals surface area contributed by atoms with Crippen molar-refractivity contribution in [3.05, 3.63) is 35.9 Å². The molecule has 0 radical (unpaired) electrons. The van der Waals surface area contributed by atoms with Crippen molar-refractivity contribution in [2.24, 2.45) is 5.92 Å². The molecule has 1 saturated heterocycles. The van der Waals surface area contributed by atoms with Gasteiger partial charge >= 0.3 is 0 Å². The molecule has 0 bridgehead atoms. The van der Waals surface area contributed by atoms with E-state index >= 15 is 0 Å². The van der Waals surface area contributed by atoms with E-state index in [-0.39, 0.29) is 12.6 Å². The molecule has 0 amide bonds. The third-order valence-electron chi connectivity index (χ3n) is 4.50. The van der Waals surface area contributed by atoms with Gasteiger partial charge < -0.3 is 10.4 Å². The largest absolute Gasteiger partial charge is 0.395 e. The summed E-state index contributed by atoms with van der Waals surface area (Å²) in [5.74, 6) is 0.473. The summed E-state index contributed by atoms with van der Waals surface area (Å²) in [5, 5.41) is 13.0. The summed E-state index contributed by atoms with van der Waals surface area (Å²) in [6.45, 7) is 9.02. The molecule has 0 unspecified atom stereocenters. The van der Waals surface area contributed by atoms with Crippen LogP contribution in [0.15, 0.2) is 30.3 Å². The molecule has 112 valence electrons. The van der Waals surface area contributed by atoms with Gasteiger partial charge in [0.05, 0.1) is 6.61 Å². The summed E-state index contributed by atoms with van der Waals surface area (Å²) in [6.07, 6.45) is 1.17. The van der Waals surface area contributed by atoms with Gasteiger partial charge in [-0.3, -0.25) is 4.90 Å². The Hall–Kier alpha value is -0.900. The number of benzene rings is 1. The maximum absolute atomic E-state index is 9.43. The van der Waals surface area contributed by atoms with Crippen LogP contribution >= 0.6 is 0 Å². The van der Waals surface area contributed by atoms with Gasteiger partial charge in [-0.1, -0.05) is 44.2 Å². The number of hydrogen-bond donors (Lipinski definition) is 2. The molecule has 20 heavy (non-hydrogen) atoms. The molecule has 1 aliphatic heterocycles. The number of hydrogen-bond acceptors (Lipinski definition) is 3. The zero-order valence-electron chi connectivity index (χ0n) is 12.9. The Labute approximate surface area is 123 Å². The van der Waals surface area contributed by atoms with E-state index < -0.39 is 0 Å². The lowest BCUT2D eigenvalue weighted by molar-refractivity contribution is 0.194. The Balaban J connectivity index is 1.89. The van der Waals surface area contributed by atoms with Crippen molar-refractivity contribution in [1.29, 1.82) is 0 Å². The number of aliphatic hydroxyl groups is 1. The molecule has 2 N–H and O–H groups in total. The van der Waals surface area contributed by atoms with Crippen molar-refractivity contribution in [3.8, 4) is 0 Å². The summed E-state index contributed by atoms with van der Waals surface area (Å²) < 4.78 is 0. The van der Waals surface area contributed by atoms with Crippen LogP contribution in [0.4, 0.5) is 0 Å². The second-order valence-corrected chi connectivity index (χ2v) is 6.27. The molecule has 1 aromatic carbocycles. The molecule has 0 aliphatic carbocycles. The molecule has 0 spiro atoms. The molecule has 1 aliphatic rings. The normalized spacial score (nSPS) is 23.1. The second kappa shape index (κ2) is 7.21. The summed E-state index contributed by atoms with van der Waals surface area (Å²) in [5.41, 5.74) is 1.38. The Morgan fingerprint density at radius 2 is 1.95 bits per heavy atom. The maximum atomic E-state index is 9.43. The summed E-state index contributed by atoms with van der Waals surface area (Å²) >= 11 is 0. The molecule has 3 atom stereocenters. The topological polar surface area (TPSA) is 35.5 Å². The first-order chi connectivity index (χ1) is 9.61. The monoisotopic (exact) mass is 276 g/mol. The van der Waals surface area contributed by atoms with Gasteiger partial charge in [-0.05, 0) is 24.8 Å². The van der Waals surface area contributed by atoms with E-state index in [0.717, 1.165) is 13.1 Å². The molecular formula is C17H28N2O. The van der Waals surface area contributed by atoms with Gasteiger partial charge in [-0.2, -0.15) is 0 Å². The van der Waals surface area contributed by atoms with Crippen molar-refractivity contribution >= 4 is 0 Å². The smallest absolute Gasteiger partial charge is 0.0587 e. The third kappa shape index (κ3) is 3.81. The zero-order valence-corrected chi connectivity index (χ0v) is 12.9. The van der Waals surface area contributed by atoms with Gasteiger partial charge in [0.1, 0.15) is 0 Å². The lowest BCUT2D eigenvalue weighted by Gasteiger charge is -2.27. The molecule has 0 aromatic heterocycles. The van der Waals surface area contributed by atoms with Crippen molar-refractivity contribution in [2.45, 2.75) is 45.3 Å². The summed E-state index contributed by atoms with van der Waals surface area (Å²) in [6, 6.07) is 11.9. The number of nitrogens with zero attached hydrogens (tertiary/aromatic N) is 1. The predicted molar refractivity (Wildman–Crippen MR) is 83.7 cm³/mol. The van der Waals surface area contributed by atoms with Gasteiger partial charge in [0.25, 0.3) is 0 Å². The molecule has 1 heterocycles. The standard InChI is InChI=1S/C17H28N2O/c1-13(2)17(12-20)18-16-9-10-19(11-16)14(3)15-7-5-4-6-8-15/h4-8,13-14,16-18,20H,9-12H2,1-3H3/t14-,16-,17+/m0/s1. The first-order valence-corrected chi connectivity index (χ1v) is 7.77. The molecule has 1 aromatic rings. The van der Waals surface area contributed by atoms with Crippen LogP contribution in [0.3, 0.4) is 0 Å². The van der Waals surface area contributed by atoms with E-state index in [1.807, 2.05) is 0 Å². The number of likely N-dealkylation sites (tertiary alicyclic amines) is 1. The highest BCUT2D eigenvalue weighted by Gasteiger charge is 2.28. The van der Waals surface area contributed by atoms with Crippen LogP contribution in [-0.4, -0.2) is 41.8 Å². The molecule has 2 rings (SSSR count). The fourth-order valence-electron chi connectivity index (χ4n) is 2.98. The van der Waals surface area contributed by atoms with Crippen molar-refractivity contribution in [3.63, 3.8) is 0 Å². The summed E-state index contributed by atoms with van der Waals surface area (Å²) in [4.78, 5) is 2.53. The minimum atomic E-state index is 0.215. The third-order valence-corrected chi connectivity index (χ3v) is 4.50. The first kappa shape index (κ1) is 15.5. The van der Waals surface area contributed by atoms with E-state index in [0.29, 0.717) is 18.0 Å². The average Bonchev–Trinajstić information content (AvgIpc) is 2.93. The number of nitrogens with one attached hydrogen (secondary N) is 1. The highest BCUT2D eigenvalue weighted by Crippen LogP contribution is 2.24. The SMILES string of the molecule is CC(C)[C@@H](CO)N[C@H]1CCN([C@@H](C)c2ccccc2)C1. The predicted octanol–water partition coefficient (Wildman–Crippen LogP) is 2.43. The van der Waals surface area contributed by atoms with Crippen LogP contribution in [0, 0.1) is 5.92 Å². The van der Waals surface area contributed by atoms with Gasteiger partial charge in [-0.15, -0.1) is 0 Å². The van der Waals surface area contributed by atoms with Crippen LogP contribution < -0.4 is 5.32 Å². The highest BCUT2D eigenvalue weighted by atomic mass is 16.3. The van der Waals surface area contributed by atoms with E-state index in [1.54, 1.807) is 0 Å². The lowest BCUT2D eigenvalue weighted by Crippen LogP contribution is -2.45. The summed E-state index contributed by atoms with van der Waals surface area (Å²) in [7, 11) is 0. The maximum Gasteiger partial charge on any atom is 0.0587 e. The molecule has 0 saturated carbocycles. The van der Waals surface area contributed by atoms with Crippen molar-refractivity contribution in [2.75, 3.05) is 19.7 Å². The Kier molecular flexibility index (Phi) is 5.58. The van der Waals surface area contributed by atoms with Gasteiger partial charge in [0.2, 0.25) is 0 Å². The van der Waals surface area contributed by atoms with Gasteiger partial charge in [0.15, 0.2) is 0 Å². The quantitative estimate of drug-likeness (QED) is 0.837. The van der Waals surface area contributed by atoms with E-state index in [1.165, 1.54) is 12.0 Å². The number of rotatable bonds is 6. The number of aliphatic hydroxyl groups excluding tert-OH is 1. The van der Waals surface area contributed by atoms with Crippen LogP contribution in [0.25, 0.3) is 0 Å². The van der Waals surface area contributed by atoms with Gasteiger partial charge in [-0.25, -0.2) is 0 Å². The van der Waals surface area contributed by atoms with Crippen LogP contribution in [0.2, 0.25) is 0 Å². The Bertz CT molecular complexity index is 393. The Morgan fingerprint density at radius 3 is 2.55 bits per heavy atom.